The molecule has 0 saturated heterocycles. The Morgan fingerprint density at radius 2 is 1.67 bits per heavy atom. The Morgan fingerprint density at radius 1 is 0.923 bits per heavy atom. The van der Waals surface area contributed by atoms with Crippen LogP contribution in [0.3, 0.4) is 0 Å². The predicted octanol–water partition coefficient (Wildman–Crippen LogP) is 6.12. The second kappa shape index (κ2) is 11.9. The number of nitrogens with zero attached hydrogens (tertiary/aromatic N) is 2. The first-order chi connectivity index (χ1) is 18.6. The lowest BCUT2D eigenvalue weighted by molar-refractivity contribution is -0.137. The van der Waals surface area contributed by atoms with Gasteiger partial charge >= 0.3 is 6.18 Å². The number of halogens is 4. The molecule has 1 N–H and O–H groups in total. The standard InChI is InChI=1S/C28H23ClF3N3O3S/c29-25-13-12-21(27(36)34-16-14-23-10-4-5-15-33-23)17-26(25)39(37,38)35(19-20-7-2-1-3-8-20)24-11-6-9-22(18-24)28(30,31)32/h1-13,15,17-18H,14,16,19H2,(H,34,36). The number of carbonyl (C=O) groups excluding carboxylic acids is 1. The van der Waals surface area contributed by atoms with Crippen LogP contribution >= 0.6 is 11.6 Å². The molecule has 3 aromatic carbocycles. The lowest BCUT2D eigenvalue weighted by atomic mass is 10.2. The van der Waals surface area contributed by atoms with Crippen molar-refractivity contribution in [2.45, 2.75) is 24.0 Å². The topological polar surface area (TPSA) is 79.4 Å². The highest BCUT2D eigenvalue weighted by Crippen LogP contribution is 2.35. The summed E-state index contributed by atoms with van der Waals surface area (Å²) >= 11 is 6.28. The molecule has 0 saturated carbocycles. The molecule has 0 aliphatic carbocycles. The molecule has 0 radical (unpaired) electrons. The van der Waals surface area contributed by atoms with Gasteiger partial charge in [0.1, 0.15) is 4.90 Å². The van der Waals surface area contributed by atoms with Gasteiger partial charge in [0.25, 0.3) is 15.9 Å². The first-order valence-electron chi connectivity index (χ1n) is 11.8. The van der Waals surface area contributed by atoms with E-state index in [1.807, 2.05) is 12.1 Å². The van der Waals surface area contributed by atoms with Crippen LogP contribution in [0.25, 0.3) is 0 Å². The molecule has 1 heterocycles. The first kappa shape index (κ1) is 28.1. The molecule has 202 valence electrons. The van der Waals surface area contributed by atoms with Crippen molar-refractivity contribution in [3.05, 3.63) is 125 Å². The van der Waals surface area contributed by atoms with Gasteiger partial charge in [-0.05, 0) is 54.1 Å². The molecule has 4 aromatic rings. The number of alkyl halides is 3. The molecule has 4 rings (SSSR count). The van der Waals surface area contributed by atoms with Gasteiger partial charge in [0.15, 0.2) is 0 Å². The minimum Gasteiger partial charge on any atom is -0.352 e. The van der Waals surface area contributed by atoms with Crippen molar-refractivity contribution in [2.24, 2.45) is 0 Å². The average Bonchev–Trinajstić information content (AvgIpc) is 2.92. The Labute approximate surface area is 229 Å². The predicted molar refractivity (Wildman–Crippen MR) is 143 cm³/mol. The Hall–Kier alpha value is -3.89. The van der Waals surface area contributed by atoms with E-state index in [1.54, 1.807) is 42.6 Å². The molecule has 0 spiro atoms. The lowest BCUT2D eigenvalue weighted by Gasteiger charge is -2.26. The van der Waals surface area contributed by atoms with E-state index in [0.717, 1.165) is 34.3 Å². The molecule has 11 heteroatoms. The second-order valence-electron chi connectivity index (χ2n) is 8.52. The first-order valence-corrected chi connectivity index (χ1v) is 13.6. The van der Waals surface area contributed by atoms with E-state index in [-0.39, 0.29) is 29.4 Å². The summed E-state index contributed by atoms with van der Waals surface area (Å²) in [7, 11) is -4.52. The van der Waals surface area contributed by atoms with E-state index >= 15 is 0 Å². The van der Waals surface area contributed by atoms with Gasteiger partial charge in [0, 0.05) is 30.4 Å². The van der Waals surface area contributed by atoms with Crippen molar-refractivity contribution in [1.82, 2.24) is 10.3 Å². The van der Waals surface area contributed by atoms with Gasteiger partial charge < -0.3 is 5.32 Å². The number of aromatic nitrogens is 1. The molecule has 1 amide bonds. The molecule has 0 fully saturated rings. The fourth-order valence-corrected chi connectivity index (χ4v) is 5.76. The Kier molecular flexibility index (Phi) is 8.57. The number of anilines is 1. The van der Waals surface area contributed by atoms with Crippen LogP contribution < -0.4 is 9.62 Å². The normalized spacial score (nSPS) is 11.7. The number of sulfonamides is 1. The van der Waals surface area contributed by atoms with Crippen LogP contribution in [0.1, 0.15) is 27.2 Å². The Balaban J connectivity index is 1.67. The number of hydrogen-bond acceptors (Lipinski definition) is 4. The summed E-state index contributed by atoms with van der Waals surface area (Å²) in [5, 5.41) is 2.54. The molecule has 0 unspecified atom stereocenters. The van der Waals surface area contributed by atoms with Gasteiger partial charge in [-0.15, -0.1) is 0 Å². The minimum atomic E-state index is -4.68. The number of rotatable bonds is 9. The maximum atomic E-state index is 13.9. The van der Waals surface area contributed by atoms with Crippen LogP contribution in [-0.4, -0.2) is 25.9 Å². The largest absolute Gasteiger partial charge is 0.416 e. The van der Waals surface area contributed by atoms with Crippen LogP contribution in [0.2, 0.25) is 5.02 Å². The van der Waals surface area contributed by atoms with E-state index in [2.05, 4.69) is 10.3 Å². The molecule has 0 aliphatic heterocycles. The maximum absolute atomic E-state index is 13.9. The third-order valence-corrected chi connectivity index (χ3v) is 8.04. The molecular weight excluding hydrogens is 551 g/mol. The highest BCUT2D eigenvalue weighted by atomic mass is 35.5. The molecule has 39 heavy (non-hydrogen) atoms. The van der Waals surface area contributed by atoms with Crippen LogP contribution in [0.15, 0.2) is 102 Å². The van der Waals surface area contributed by atoms with Gasteiger partial charge in [-0.2, -0.15) is 13.2 Å². The van der Waals surface area contributed by atoms with Crippen molar-refractivity contribution in [3.8, 4) is 0 Å². The smallest absolute Gasteiger partial charge is 0.352 e. The van der Waals surface area contributed by atoms with Crippen molar-refractivity contribution in [1.29, 1.82) is 0 Å². The summed E-state index contributed by atoms with van der Waals surface area (Å²) in [4.78, 5) is 16.6. The van der Waals surface area contributed by atoms with Gasteiger partial charge in [0.05, 0.1) is 22.8 Å². The number of pyridine rings is 1. The highest BCUT2D eigenvalue weighted by molar-refractivity contribution is 7.93. The number of amides is 1. The van der Waals surface area contributed by atoms with E-state index < -0.39 is 32.6 Å². The third-order valence-electron chi connectivity index (χ3n) is 5.78. The van der Waals surface area contributed by atoms with Crippen molar-refractivity contribution < 1.29 is 26.4 Å². The summed E-state index contributed by atoms with van der Waals surface area (Å²) in [5.74, 6) is -0.535. The summed E-state index contributed by atoms with van der Waals surface area (Å²) in [5.41, 5.74) is 0.144. The number of carbonyl (C=O) groups is 1. The molecule has 0 aliphatic rings. The van der Waals surface area contributed by atoms with Crippen LogP contribution in [0, 0.1) is 0 Å². The van der Waals surface area contributed by atoms with Gasteiger partial charge in [-0.25, -0.2) is 8.42 Å². The molecule has 0 atom stereocenters. The summed E-state index contributed by atoms with van der Waals surface area (Å²) in [6.45, 7) is -0.00770. The average molecular weight is 574 g/mol. The zero-order chi connectivity index (χ0) is 28.0. The Bertz CT molecular complexity index is 1550. The van der Waals surface area contributed by atoms with Gasteiger partial charge in [0.2, 0.25) is 0 Å². The fourth-order valence-electron chi connectivity index (χ4n) is 3.81. The second-order valence-corrected chi connectivity index (χ2v) is 10.8. The summed E-state index contributed by atoms with van der Waals surface area (Å²) in [6.07, 6.45) is -2.58. The third kappa shape index (κ3) is 6.96. The zero-order valence-corrected chi connectivity index (χ0v) is 22.0. The van der Waals surface area contributed by atoms with Crippen molar-refractivity contribution in [3.63, 3.8) is 0 Å². The SMILES string of the molecule is O=C(NCCc1ccccn1)c1ccc(Cl)c(S(=O)(=O)N(Cc2ccccc2)c2cccc(C(F)(F)F)c2)c1. The Morgan fingerprint density at radius 3 is 2.36 bits per heavy atom. The zero-order valence-electron chi connectivity index (χ0n) is 20.4. The van der Waals surface area contributed by atoms with E-state index in [9.17, 15) is 26.4 Å². The fraction of sp³-hybridized carbons (Fsp3) is 0.143. The van der Waals surface area contributed by atoms with Crippen molar-refractivity contribution >= 4 is 33.2 Å². The molecule has 0 bridgehead atoms. The monoisotopic (exact) mass is 573 g/mol. The quantitative estimate of drug-likeness (QED) is 0.262. The maximum Gasteiger partial charge on any atom is 0.416 e. The molecule has 1 aromatic heterocycles. The number of benzene rings is 3. The van der Waals surface area contributed by atoms with E-state index in [4.69, 9.17) is 11.6 Å². The van der Waals surface area contributed by atoms with Crippen molar-refractivity contribution in [2.75, 3.05) is 10.8 Å². The summed E-state index contributed by atoms with van der Waals surface area (Å²) < 4.78 is 69.0. The van der Waals surface area contributed by atoms with Crippen LogP contribution in [-0.2, 0) is 29.2 Å². The van der Waals surface area contributed by atoms with Gasteiger partial charge in [-0.3, -0.25) is 14.1 Å². The highest BCUT2D eigenvalue weighted by Gasteiger charge is 2.33. The van der Waals surface area contributed by atoms with Crippen LogP contribution in [0.4, 0.5) is 18.9 Å². The number of hydrogen-bond donors (Lipinski definition) is 1. The van der Waals surface area contributed by atoms with E-state index in [0.29, 0.717) is 12.0 Å². The summed E-state index contributed by atoms with van der Waals surface area (Å²) in [6, 6.07) is 21.7. The van der Waals surface area contributed by atoms with E-state index in [1.165, 1.54) is 18.2 Å². The number of nitrogens with one attached hydrogen (secondary N) is 1. The minimum absolute atomic E-state index is 0.0303. The molecular formula is C28H23ClF3N3O3S. The lowest BCUT2D eigenvalue weighted by Crippen LogP contribution is -2.31. The van der Waals surface area contributed by atoms with Gasteiger partial charge in [-0.1, -0.05) is 54.1 Å². The molecule has 6 nitrogen and oxygen atoms in total. The van der Waals surface area contributed by atoms with Crippen LogP contribution in [0.5, 0.6) is 0 Å².